The fraction of sp³-hybridized carbons (Fsp3) is 0.556. The number of rotatable bonds is 1. The second kappa shape index (κ2) is 4.51. The monoisotopic (exact) mass is 296 g/mol. The summed E-state index contributed by atoms with van der Waals surface area (Å²) < 4.78 is 60.1. The van der Waals surface area contributed by atoms with E-state index in [1.54, 1.807) is 0 Å². The second-order valence-corrected chi connectivity index (χ2v) is 6.41. The zero-order chi connectivity index (χ0) is 14.3. The van der Waals surface area contributed by atoms with Crippen LogP contribution in [0.1, 0.15) is 5.82 Å². The van der Waals surface area contributed by atoms with Crippen LogP contribution in [0.3, 0.4) is 0 Å². The van der Waals surface area contributed by atoms with Gasteiger partial charge in [0.1, 0.15) is 11.6 Å². The van der Waals surface area contributed by atoms with Gasteiger partial charge in [-0.25, -0.2) is 18.4 Å². The molecule has 0 aromatic carbocycles. The second-order valence-electron chi connectivity index (χ2n) is 4.11. The van der Waals surface area contributed by atoms with Crippen LogP contribution in [0.5, 0.6) is 0 Å². The third kappa shape index (κ3) is 3.25. The Morgan fingerprint density at radius 2 is 1.79 bits per heavy atom. The van der Waals surface area contributed by atoms with Gasteiger partial charge in [0.25, 0.3) is 0 Å². The van der Waals surface area contributed by atoms with Crippen molar-refractivity contribution < 1.29 is 21.6 Å². The topological polar surface area (TPSA) is 89.2 Å². The van der Waals surface area contributed by atoms with Crippen LogP contribution in [0.25, 0.3) is 0 Å². The molecule has 2 rings (SSSR count). The number of anilines is 2. The highest BCUT2D eigenvalue weighted by Crippen LogP contribution is 2.28. The van der Waals surface area contributed by atoms with E-state index in [4.69, 9.17) is 5.73 Å². The Kier molecular flexibility index (Phi) is 3.29. The van der Waals surface area contributed by atoms with Crippen LogP contribution in [-0.2, 0) is 16.0 Å². The zero-order valence-corrected chi connectivity index (χ0v) is 10.5. The van der Waals surface area contributed by atoms with E-state index in [-0.39, 0.29) is 36.2 Å². The van der Waals surface area contributed by atoms with Crippen molar-refractivity contribution in [1.82, 2.24) is 9.97 Å². The molecule has 0 atom stereocenters. The van der Waals surface area contributed by atoms with Crippen LogP contribution in [0.2, 0.25) is 0 Å². The van der Waals surface area contributed by atoms with E-state index in [2.05, 4.69) is 9.97 Å². The Bertz CT molecular complexity index is 574. The molecular formula is C9H11F3N4O2S. The summed E-state index contributed by atoms with van der Waals surface area (Å²) in [6, 6.07) is 1.20. The summed E-state index contributed by atoms with van der Waals surface area (Å²) in [6.07, 6.45) is -4.69. The van der Waals surface area contributed by atoms with Crippen LogP contribution in [0, 0.1) is 0 Å². The molecule has 1 saturated heterocycles. The maximum Gasteiger partial charge on any atom is 0.451 e. The lowest BCUT2D eigenvalue weighted by Gasteiger charge is -2.28. The van der Waals surface area contributed by atoms with Crippen LogP contribution < -0.4 is 10.6 Å². The van der Waals surface area contributed by atoms with Gasteiger partial charge < -0.3 is 10.6 Å². The Morgan fingerprint density at radius 1 is 1.21 bits per heavy atom. The minimum absolute atomic E-state index is 0.00488. The maximum atomic E-state index is 12.5. The van der Waals surface area contributed by atoms with E-state index in [0.717, 1.165) is 0 Å². The van der Waals surface area contributed by atoms with E-state index in [9.17, 15) is 21.6 Å². The van der Waals surface area contributed by atoms with Crippen LogP contribution in [-0.4, -0.2) is 43.0 Å². The molecule has 0 radical (unpaired) electrons. The molecule has 1 aliphatic rings. The van der Waals surface area contributed by atoms with Gasteiger partial charge in [-0.2, -0.15) is 13.2 Å². The first-order valence-electron chi connectivity index (χ1n) is 5.34. The summed E-state index contributed by atoms with van der Waals surface area (Å²) in [4.78, 5) is 7.97. The van der Waals surface area contributed by atoms with Gasteiger partial charge in [-0.05, 0) is 0 Å². The SMILES string of the molecule is Nc1cc(N2CCS(=O)(=O)CC2)nc(C(F)(F)F)n1. The van der Waals surface area contributed by atoms with Crippen molar-refractivity contribution in [3.63, 3.8) is 0 Å². The molecule has 19 heavy (non-hydrogen) atoms. The van der Waals surface area contributed by atoms with Crippen molar-refractivity contribution in [1.29, 1.82) is 0 Å². The fourth-order valence-electron chi connectivity index (χ4n) is 1.68. The number of nitrogen functional groups attached to an aromatic ring is 1. The molecule has 6 nitrogen and oxygen atoms in total. The lowest BCUT2D eigenvalue weighted by molar-refractivity contribution is -0.144. The van der Waals surface area contributed by atoms with Crippen LogP contribution in [0.4, 0.5) is 24.8 Å². The minimum Gasteiger partial charge on any atom is -0.384 e. The van der Waals surface area contributed by atoms with Gasteiger partial charge in [0.05, 0.1) is 11.5 Å². The van der Waals surface area contributed by atoms with E-state index in [1.165, 1.54) is 11.0 Å². The summed E-state index contributed by atoms with van der Waals surface area (Å²) in [5.41, 5.74) is 5.32. The smallest absolute Gasteiger partial charge is 0.384 e. The molecule has 1 aromatic heterocycles. The first-order chi connectivity index (χ1) is 8.67. The first kappa shape index (κ1) is 13.8. The highest BCUT2D eigenvalue weighted by molar-refractivity contribution is 7.91. The van der Waals surface area contributed by atoms with E-state index in [0.29, 0.717) is 0 Å². The van der Waals surface area contributed by atoms with Crippen molar-refractivity contribution in [2.75, 3.05) is 35.2 Å². The summed E-state index contributed by atoms with van der Waals surface area (Å²) in [6.45, 7) is 0.187. The number of nitrogens with zero attached hydrogens (tertiary/aromatic N) is 3. The summed E-state index contributed by atoms with van der Waals surface area (Å²) >= 11 is 0. The average Bonchev–Trinajstić information content (AvgIpc) is 2.26. The molecule has 0 spiro atoms. The number of aromatic nitrogens is 2. The molecule has 0 amide bonds. The van der Waals surface area contributed by atoms with Crippen molar-refractivity contribution in [2.45, 2.75) is 6.18 Å². The number of nitrogens with two attached hydrogens (primary N) is 1. The van der Waals surface area contributed by atoms with Crippen LogP contribution >= 0.6 is 0 Å². The van der Waals surface area contributed by atoms with E-state index in [1.807, 2.05) is 0 Å². The van der Waals surface area contributed by atoms with E-state index < -0.39 is 21.8 Å². The predicted octanol–water partition coefficient (Wildman–Crippen LogP) is 0.312. The predicted molar refractivity (Wildman–Crippen MR) is 62.3 cm³/mol. The maximum absolute atomic E-state index is 12.5. The van der Waals surface area contributed by atoms with Gasteiger partial charge in [0.15, 0.2) is 9.84 Å². The molecule has 10 heteroatoms. The van der Waals surface area contributed by atoms with Gasteiger partial charge in [-0.3, -0.25) is 0 Å². The zero-order valence-electron chi connectivity index (χ0n) is 9.68. The molecule has 1 aromatic rings. The highest BCUT2D eigenvalue weighted by Gasteiger charge is 2.36. The Balaban J connectivity index is 2.29. The number of alkyl halides is 3. The molecule has 106 valence electrons. The first-order valence-corrected chi connectivity index (χ1v) is 7.17. The fourth-order valence-corrected chi connectivity index (χ4v) is 2.88. The number of sulfone groups is 1. The van der Waals surface area contributed by atoms with Crippen molar-refractivity contribution in [3.05, 3.63) is 11.9 Å². The summed E-state index contributed by atoms with van der Waals surface area (Å²) in [5.74, 6) is -1.85. The van der Waals surface area contributed by atoms with Crippen molar-refractivity contribution in [3.8, 4) is 0 Å². The quantitative estimate of drug-likeness (QED) is 0.802. The van der Waals surface area contributed by atoms with Crippen molar-refractivity contribution >= 4 is 21.5 Å². The van der Waals surface area contributed by atoms with Crippen molar-refractivity contribution in [2.24, 2.45) is 0 Å². The molecule has 0 unspecified atom stereocenters. The number of halogens is 3. The van der Waals surface area contributed by atoms with Gasteiger partial charge in [-0.15, -0.1) is 0 Å². The van der Waals surface area contributed by atoms with Gasteiger partial charge in [0, 0.05) is 19.2 Å². The van der Waals surface area contributed by atoms with E-state index >= 15 is 0 Å². The molecular weight excluding hydrogens is 285 g/mol. The normalized spacial score (nSPS) is 19.4. The Hall–Kier alpha value is -1.58. The molecule has 0 aliphatic carbocycles. The van der Waals surface area contributed by atoms with Gasteiger partial charge in [-0.1, -0.05) is 0 Å². The van der Waals surface area contributed by atoms with Gasteiger partial charge >= 0.3 is 6.18 Å². The third-order valence-corrected chi connectivity index (χ3v) is 4.26. The number of hydrogen-bond acceptors (Lipinski definition) is 6. The van der Waals surface area contributed by atoms with Gasteiger partial charge in [0.2, 0.25) is 5.82 Å². The molecule has 2 heterocycles. The largest absolute Gasteiger partial charge is 0.451 e. The minimum atomic E-state index is -4.69. The Labute approximate surface area is 107 Å². The lowest BCUT2D eigenvalue weighted by Crippen LogP contribution is -2.41. The standard InChI is InChI=1S/C9H11F3N4O2S/c10-9(11,12)8-14-6(13)5-7(15-8)16-1-3-19(17,18)4-2-16/h5H,1-4H2,(H2,13,14,15). The lowest BCUT2D eigenvalue weighted by atomic mass is 10.4. The number of hydrogen-bond donors (Lipinski definition) is 1. The molecule has 1 fully saturated rings. The van der Waals surface area contributed by atoms with Crippen LogP contribution in [0.15, 0.2) is 6.07 Å². The Morgan fingerprint density at radius 3 is 2.32 bits per heavy atom. The summed E-state index contributed by atoms with van der Waals surface area (Å²) in [5, 5.41) is 0. The summed E-state index contributed by atoms with van der Waals surface area (Å²) in [7, 11) is -3.11. The molecule has 0 saturated carbocycles. The molecule has 0 bridgehead atoms. The highest BCUT2D eigenvalue weighted by atomic mass is 32.2. The molecule has 1 aliphatic heterocycles. The third-order valence-electron chi connectivity index (χ3n) is 2.65. The molecule has 2 N–H and O–H groups in total. The average molecular weight is 296 g/mol.